The zero-order valence-corrected chi connectivity index (χ0v) is 10.4. The minimum absolute atomic E-state index is 0.573. The molecule has 0 radical (unpaired) electrons. The molecule has 17 heavy (non-hydrogen) atoms. The van der Waals surface area contributed by atoms with Gasteiger partial charge in [0, 0.05) is 19.3 Å². The van der Waals surface area contributed by atoms with Gasteiger partial charge < -0.3 is 4.90 Å². The molecule has 4 heteroatoms. The Kier molecular flexibility index (Phi) is 4.43. The lowest BCUT2D eigenvalue weighted by Gasteiger charge is -2.21. The van der Waals surface area contributed by atoms with Crippen LogP contribution < -0.4 is 4.90 Å². The van der Waals surface area contributed by atoms with Gasteiger partial charge in [-0.2, -0.15) is 13.2 Å². The topological polar surface area (TPSA) is 3.24 Å². The van der Waals surface area contributed by atoms with Gasteiger partial charge in [0.15, 0.2) is 0 Å². The van der Waals surface area contributed by atoms with Crippen molar-refractivity contribution in [3.05, 3.63) is 29.3 Å². The molecule has 1 aromatic rings. The lowest BCUT2D eigenvalue weighted by molar-refractivity contribution is -0.137. The van der Waals surface area contributed by atoms with Gasteiger partial charge in [0.1, 0.15) is 0 Å². The van der Waals surface area contributed by atoms with Crippen LogP contribution in [0.25, 0.3) is 0 Å². The van der Waals surface area contributed by atoms with E-state index in [0.29, 0.717) is 11.3 Å². The van der Waals surface area contributed by atoms with Crippen molar-refractivity contribution >= 4 is 5.69 Å². The van der Waals surface area contributed by atoms with Gasteiger partial charge in [-0.05, 0) is 37.1 Å². The molecule has 1 aromatic carbocycles. The largest absolute Gasteiger partial charge is 0.416 e. The lowest BCUT2D eigenvalue weighted by atomic mass is 10.1. The maximum atomic E-state index is 12.6. The zero-order chi connectivity index (χ0) is 13.1. The average molecular weight is 245 g/mol. The van der Waals surface area contributed by atoms with Gasteiger partial charge in [0.25, 0.3) is 0 Å². The third-order valence-corrected chi connectivity index (χ3v) is 2.68. The minimum Gasteiger partial charge on any atom is -0.375 e. The van der Waals surface area contributed by atoms with Gasteiger partial charge in [-0.15, -0.1) is 0 Å². The van der Waals surface area contributed by atoms with E-state index in [9.17, 15) is 13.2 Å². The first-order valence-corrected chi connectivity index (χ1v) is 5.74. The van der Waals surface area contributed by atoms with E-state index >= 15 is 0 Å². The third kappa shape index (κ3) is 3.95. The molecule has 1 rings (SSSR count). The molecular weight excluding hydrogens is 227 g/mol. The van der Waals surface area contributed by atoms with Crippen LogP contribution in [0.1, 0.15) is 30.9 Å². The van der Waals surface area contributed by atoms with Gasteiger partial charge in [0.2, 0.25) is 0 Å². The van der Waals surface area contributed by atoms with Crippen molar-refractivity contribution in [2.24, 2.45) is 0 Å². The molecule has 0 spiro atoms. The van der Waals surface area contributed by atoms with E-state index in [2.05, 4.69) is 6.92 Å². The summed E-state index contributed by atoms with van der Waals surface area (Å²) in [5.74, 6) is 0. The van der Waals surface area contributed by atoms with E-state index in [0.717, 1.165) is 19.4 Å². The summed E-state index contributed by atoms with van der Waals surface area (Å²) in [6, 6.07) is 4.17. The maximum Gasteiger partial charge on any atom is 0.416 e. The van der Waals surface area contributed by atoms with E-state index in [1.807, 2.05) is 11.9 Å². The molecule has 0 unspecified atom stereocenters. The normalized spacial score (nSPS) is 11.6. The first kappa shape index (κ1) is 13.9. The SMILES string of the molecule is CCCCN(C)c1cc(C)cc(C(F)(F)F)c1. The molecule has 0 bridgehead atoms. The van der Waals surface area contributed by atoms with Crippen LogP contribution in [-0.4, -0.2) is 13.6 Å². The third-order valence-electron chi connectivity index (χ3n) is 2.68. The van der Waals surface area contributed by atoms with Crippen molar-refractivity contribution in [3.63, 3.8) is 0 Å². The predicted molar refractivity (Wildman–Crippen MR) is 64.4 cm³/mol. The van der Waals surface area contributed by atoms with E-state index in [1.54, 1.807) is 13.0 Å². The van der Waals surface area contributed by atoms with E-state index in [1.165, 1.54) is 12.1 Å². The molecule has 0 aliphatic rings. The number of unbranched alkanes of at least 4 members (excludes halogenated alkanes) is 1. The van der Waals surface area contributed by atoms with Gasteiger partial charge in [-0.3, -0.25) is 0 Å². The Labute approximate surface area is 100 Å². The van der Waals surface area contributed by atoms with Crippen LogP contribution in [0.3, 0.4) is 0 Å². The van der Waals surface area contributed by atoms with Crippen LogP contribution >= 0.6 is 0 Å². The summed E-state index contributed by atoms with van der Waals surface area (Å²) < 4.78 is 37.9. The summed E-state index contributed by atoms with van der Waals surface area (Å²) in [6.45, 7) is 4.52. The Bertz CT molecular complexity index is 371. The van der Waals surface area contributed by atoms with Crippen molar-refractivity contribution in [1.29, 1.82) is 0 Å². The van der Waals surface area contributed by atoms with Crippen LogP contribution in [0.15, 0.2) is 18.2 Å². The highest BCUT2D eigenvalue weighted by Gasteiger charge is 2.31. The summed E-state index contributed by atoms with van der Waals surface area (Å²) in [5, 5.41) is 0. The Hall–Kier alpha value is -1.19. The van der Waals surface area contributed by atoms with Crippen LogP contribution in [-0.2, 0) is 6.18 Å². The number of hydrogen-bond donors (Lipinski definition) is 0. The highest BCUT2D eigenvalue weighted by Crippen LogP contribution is 2.32. The number of halogens is 3. The summed E-state index contributed by atoms with van der Waals surface area (Å²) in [6.07, 6.45) is -2.26. The first-order valence-electron chi connectivity index (χ1n) is 5.74. The molecule has 0 atom stereocenters. The standard InChI is InChI=1S/C13H18F3N/c1-4-5-6-17(3)12-8-10(2)7-11(9-12)13(14,15)16/h7-9H,4-6H2,1-3H3. The molecule has 0 amide bonds. The van der Waals surface area contributed by atoms with Crippen molar-refractivity contribution in [2.75, 3.05) is 18.5 Å². The second-order valence-corrected chi connectivity index (χ2v) is 4.33. The zero-order valence-electron chi connectivity index (χ0n) is 10.4. The molecule has 1 nitrogen and oxygen atoms in total. The average Bonchev–Trinajstić information content (AvgIpc) is 2.23. The van der Waals surface area contributed by atoms with Gasteiger partial charge >= 0.3 is 6.18 Å². The Balaban J connectivity index is 2.97. The van der Waals surface area contributed by atoms with Gasteiger partial charge in [0.05, 0.1) is 5.56 Å². The second kappa shape index (κ2) is 5.43. The maximum absolute atomic E-state index is 12.6. The Morgan fingerprint density at radius 1 is 1.18 bits per heavy atom. The Morgan fingerprint density at radius 2 is 1.82 bits per heavy atom. The molecule has 0 aliphatic heterocycles. The fraction of sp³-hybridized carbons (Fsp3) is 0.538. The molecule has 0 saturated carbocycles. The highest BCUT2D eigenvalue weighted by atomic mass is 19.4. The molecular formula is C13H18F3N. The van der Waals surface area contributed by atoms with Crippen LogP contribution in [0, 0.1) is 6.92 Å². The van der Waals surface area contributed by atoms with Crippen molar-refractivity contribution in [2.45, 2.75) is 32.9 Å². The number of aryl methyl sites for hydroxylation is 1. The number of rotatable bonds is 4. The number of anilines is 1. The monoisotopic (exact) mass is 245 g/mol. The minimum atomic E-state index is -4.27. The van der Waals surface area contributed by atoms with Crippen LogP contribution in [0.4, 0.5) is 18.9 Å². The molecule has 0 saturated heterocycles. The van der Waals surface area contributed by atoms with Gasteiger partial charge in [-0.25, -0.2) is 0 Å². The first-order chi connectivity index (χ1) is 7.84. The van der Waals surface area contributed by atoms with Gasteiger partial charge in [-0.1, -0.05) is 13.3 Å². The fourth-order valence-corrected chi connectivity index (χ4v) is 1.67. The Morgan fingerprint density at radius 3 is 2.35 bits per heavy atom. The van der Waals surface area contributed by atoms with Crippen molar-refractivity contribution < 1.29 is 13.2 Å². The fourth-order valence-electron chi connectivity index (χ4n) is 1.67. The molecule has 0 fully saturated rings. The van der Waals surface area contributed by atoms with Crippen LogP contribution in [0.2, 0.25) is 0 Å². The lowest BCUT2D eigenvalue weighted by Crippen LogP contribution is -2.19. The number of hydrogen-bond acceptors (Lipinski definition) is 1. The molecule has 0 aromatic heterocycles. The molecule has 0 heterocycles. The van der Waals surface area contributed by atoms with Crippen molar-refractivity contribution in [1.82, 2.24) is 0 Å². The van der Waals surface area contributed by atoms with Crippen LogP contribution in [0.5, 0.6) is 0 Å². The van der Waals surface area contributed by atoms with E-state index in [-0.39, 0.29) is 0 Å². The quantitative estimate of drug-likeness (QED) is 0.766. The summed E-state index contributed by atoms with van der Waals surface area (Å²) >= 11 is 0. The summed E-state index contributed by atoms with van der Waals surface area (Å²) in [4.78, 5) is 1.87. The molecule has 96 valence electrons. The summed E-state index contributed by atoms with van der Waals surface area (Å²) in [5.41, 5.74) is 0.694. The second-order valence-electron chi connectivity index (χ2n) is 4.33. The smallest absolute Gasteiger partial charge is 0.375 e. The number of alkyl halides is 3. The number of nitrogens with zero attached hydrogens (tertiary/aromatic N) is 1. The highest BCUT2D eigenvalue weighted by molar-refractivity contribution is 5.51. The van der Waals surface area contributed by atoms with E-state index < -0.39 is 11.7 Å². The summed E-state index contributed by atoms with van der Waals surface area (Å²) in [7, 11) is 1.82. The molecule has 0 aliphatic carbocycles. The number of benzene rings is 1. The van der Waals surface area contributed by atoms with E-state index in [4.69, 9.17) is 0 Å². The predicted octanol–water partition coefficient (Wildman–Crippen LogP) is 4.25. The van der Waals surface area contributed by atoms with Crippen molar-refractivity contribution in [3.8, 4) is 0 Å². The molecule has 0 N–H and O–H groups in total.